The number of nitrogens with zero attached hydrogens (tertiary/aromatic N) is 4. The van der Waals surface area contributed by atoms with Gasteiger partial charge in [0.1, 0.15) is 0 Å². The van der Waals surface area contributed by atoms with Crippen molar-refractivity contribution in [3.8, 4) is 17.1 Å². The lowest BCUT2D eigenvalue weighted by atomic mass is 10.1. The molecule has 3 aromatic rings. The molecule has 0 saturated carbocycles. The summed E-state index contributed by atoms with van der Waals surface area (Å²) in [5.74, 6) is 0.588. The molecule has 6 nitrogen and oxygen atoms in total. The molecule has 2 aromatic carbocycles. The molecule has 3 rings (SSSR count). The van der Waals surface area contributed by atoms with Gasteiger partial charge in [-0.15, -0.1) is 5.10 Å². The lowest BCUT2D eigenvalue weighted by Crippen LogP contribution is -2.01. The Labute approximate surface area is 129 Å². The first kappa shape index (κ1) is 13.6. The Morgan fingerprint density at radius 2 is 1.76 bits per heavy atom. The molecule has 0 fully saturated rings. The van der Waals surface area contributed by atoms with Crippen LogP contribution in [0.2, 0.25) is 0 Å². The first-order valence-electron chi connectivity index (χ1n) is 6.26. The number of aryl methyl sites for hydroxylation is 1. The molecule has 0 aliphatic rings. The number of aromatic nitrogens is 4. The monoisotopic (exact) mass is 344 g/mol. The fourth-order valence-electron chi connectivity index (χ4n) is 2.06. The maximum atomic E-state index is 5.83. The summed E-state index contributed by atoms with van der Waals surface area (Å²) in [7, 11) is 0. The minimum atomic E-state index is 0.574. The second-order valence-corrected chi connectivity index (χ2v) is 5.59. The third-order valence-electron chi connectivity index (χ3n) is 3.11. The fraction of sp³-hybridized carbons (Fsp3) is 0.0714. The van der Waals surface area contributed by atoms with Crippen LogP contribution in [-0.2, 0) is 0 Å². The molecule has 106 valence electrons. The SMILES string of the molecule is Cc1ccc(-n2nnnc2-c2cc(N)cc(N)c2)cc1Br. The zero-order valence-corrected chi connectivity index (χ0v) is 12.9. The van der Waals surface area contributed by atoms with Crippen LogP contribution < -0.4 is 11.5 Å². The summed E-state index contributed by atoms with van der Waals surface area (Å²) < 4.78 is 2.65. The van der Waals surface area contributed by atoms with Gasteiger partial charge in [-0.25, -0.2) is 0 Å². The van der Waals surface area contributed by atoms with Crippen molar-refractivity contribution in [3.63, 3.8) is 0 Å². The molecule has 0 bridgehead atoms. The molecule has 1 heterocycles. The summed E-state index contributed by atoms with van der Waals surface area (Å²) in [4.78, 5) is 0. The molecular formula is C14H13BrN6. The van der Waals surface area contributed by atoms with Crippen molar-refractivity contribution < 1.29 is 0 Å². The number of anilines is 2. The van der Waals surface area contributed by atoms with Gasteiger partial charge in [-0.2, -0.15) is 4.68 Å². The van der Waals surface area contributed by atoms with Crippen molar-refractivity contribution in [1.29, 1.82) is 0 Å². The van der Waals surface area contributed by atoms with Gasteiger partial charge in [0.25, 0.3) is 0 Å². The van der Waals surface area contributed by atoms with Gasteiger partial charge in [0, 0.05) is 21.4 Å². The smallest absolute Gasteiger partial charge is 0.187 e. The lowest BCUT2D eigenvalue weighted by molar-refractivity contribution is 0.790. The van der Waals surface area contributed by atoms with Crippen molar-refractivity contribution in [2.45, 2.75) is 6.92 Å². The van der Waals surface area contributed by atoms with Crippen LogP contribution in [0.15, 0.2) is 40.9 Å². The fourth-order valence-corrected chi connectivity index (χ4v) is 2.43. The molecule has 0 aliphatic heterocycles. The van der Waals surface area contributed by atoms with Crippen LogP contribution in [0.1, 0.15) is 5.56 Å². The van der Waals surface area contributed by atoms with E-state index in [1.54, 1.807) is 22.9 Å². The summed E-state index contributed by atoms with van der Waals surface area (Å²) in [6, 6.07) is 11.2. The Bertz CT molecular complexity index is 791. The average molecular weight is 345 g/mol. The summed E-state index contributed by atoms with van der Waals surface area (Å²) in [6.07, 6.45) is 0. The number of tetrazole rings is 1. The third-order valence-corrected chi connectivity index (χ3v) is 3.96. The Hall–Kier alpha value is -2.41. The standard InChI is InChI=1S/C14H13BrN6/c1-8-2-3-12(7-13(8)15)21-14(18-19-20-21)9-4-10(16)6-11(17)5-9/h2-7H,16-17H2,1H3. The van der Waals surface area contributed by atoms with Gasteiger partial charge in [-0.1, -0.05) is 22.0 Å². The number of halogens is 1. The van der Waals surface area contributed by atoms with Gasteiger partial charge in [-0.05, 0) is 53.2 Å². The first-order chi connectivity index (χ1) is 10.0. The van der Waals surface area contributed by atoms with Crippen molar-refractivity contribution in [2.24, 2.45) is 0 Å². The molecule has 1 aromatic heterocycles. The second kappa shape index (κ2) is 5.17. The Kier molecular flexibility index (Phi) is 3.34. The number of nitrogens with two attached hydrogens (primary N) is 2. The van der Waals surface area contributed by atoms with E-state index >= 15 is 0 Å². The van der Waals surface area contributed by atoms with Crippen LogP contribution in [-0.4, -0.2) is 20.2 Å². The van der Waals surface area contributed by atoms with Crippen molar-refractivity contribution in [1.82, 2.24) is 20.2 Å². The normalized spacial score (nSPS) is 10.8. The van der Waals surface area contributed by atoms with E-state index in [0.29, 0.717) is 17.2 Å². The van der Waals surface area contributed by atoms with Gasteiger partial charge < -0.3 is 11.5 Å². The van der Waals surface area contributed by atoms with E-state index in [0.717, 1.165) is 21.3 Å². The van der Waals surface area contributed by atoms with E-state index in [1.807, 2.05) is 25.1 Å². The molecule has 0 aliphatic carbocycles. The van der Waals surface area contributed by atoms with Gasteiger partial charge in [0.05, 0.1) is 5.69 Å². The molecule has 21 heavy (non-hydrogen) atoms. The van der Waals surface area contributed by atoms with Gasteiger partial charge in [0.2, 0.25) is 0 Å². The van der Waals surface area contributed by atoms with Gasteiger partial charge >= 0.3 is 0 Å². The van der Waals surface area contributed by atoms with Crippen LogP contribution in [0.5, 0.6) is 0 Å². The van der Waals surface area contributed by atoms with Crippen molar-refractivity contribution >= 4 is 27.3 Å². The maximum Gasteiger partial charge on any atom is 0.187 e. The molecule has 0 atom stereocenters. The predicted molar refractivity (Wildman–Crippen MR) is 85.9 cm³/mol. The molecule has 0 saturated heterocycles. The average Bonchev–Trinajstić information content (AvgIpc) is 2.90. The molecular weight excluding hydrogens is 332 g/mol. The number of benzene rings is 2. The van der Waals surface area contributed by atoms with E-state index in [1.165, 1.54) is 0 Å². The van der Waals surface area contributed by atoms with E-state index in [2.05, 4.69) is 31.5 Å². The van der Waals surface area contributed by atoms with E-state index in [4.69, 9.17) is 11.5 Å². The summed E-state index contributed by atoms with van der Waals surface area (Å²) >= 11 is 3.51. The van der Waals surface area contributed by atoms with Crippen LogP contribution in [0.3, 0.4) is 0 Å². The largest absolute Gasteiger partial charge is 0.399 e. The summed E-state index contributed by atoms with van der Waals surface area (Å²) in [5, 5.41) is 11.9. The molecule has 0 spiro atoms. The zero-order valence-electron chi connectivity index (χ0n) is 11.3. The van der Waals surface area contributed by atoms with Crippen LogP contribution in [0, 0.1) is 6.92 Å². The molecule has 4 N–H and O–H groups in total. The quantitative estimate of drug-likeness (QED) is 0.696. The van der Waals surface area contributed by atoms with Gasteiger partial charge in [-0.3, -0.25) is 0 Å². The highest BCUT2D eigenvalue weighted by Gasteiger charge is 2.12. The van der Waals surface area contributed by atoms with Crippen molar-refractivity contribution in [2.75, 3.05) is 11.5 Å². The third kappa shape index (κ3) is 2.59. The van der Waals surface area contributed by atoms with Crippen LogP contribution >= 0.6 is 15.9 Å². The van der Waals surface area contributed by atoms with E-state index in [-0.39, 0.29) is 0 Å². The summed E-state index contributed by atoms with van der Waals surface area (Å²) in [5.41, 5.74) is 15.6. The van der Waals surface area contributed by atoms with E-state index < -0.39 is 0 Å². The second-order valence-electron chi connectivity index (χ2n) is 4.74. The number of rotatable bonds is 2. The Morgan fingerprint density at radius 3 is 2.43 bits per heavy atom. The first-order valence-corrected chi connectivity index (χ1v) is 7.05. The number of nitrogen functional groups attached to an aromatic ring is 2. The van der Waals surface area contributed by atoms with Crippen LogP contribution in [0.4, 0.5) is 11.4 Å². The Morgan fingerprint density at radius 1 is 1.05 bits per heavy atom. The minimum absolute atomic E-state index is 0.574. The highest BCUT2D eigenvalue weighted by atomic mass is 79.9. The summed E-state index contributed by atoms with van der Waals surface area (Å²) in [6.45, 7) is 2.02. The topological polar surface area (TPSA) is 95.6 Å². The zero-order chi connectivity index (χ0) is 15.0. The highest BCUT2D eigenvalue weighted by Crippen LogP contribution is 2.26. The van der Waals surface area contributed by atoms with Crippen molar-refractivity contribution in [3.05, 3.63) is 46.4 Å². The molecule has 0 amide bonds. The van der Waals surface area contributed by atoms with Gasteiger partial charge in [0.15, 0.2) is 5.82 Å². The number of hydrogen-bond acceptors (Lipinski definition) is 5. The highest BCUT2D eigenvalue weighted by molar-refractivity contribution is 9.10. The Balaban J connectivity index is 2.14. The minimum Gasteiger partial charge on any atom is -0.399 e. The number of hydrogen-bond donors (Lipinski definition) is 2. The molecule has 0 radical (unpaired) electrons. The van der Waals surface area contributed by atoms with E-state index in [9.17, 15) is 0 Å². The molecule has 0 unspecified atom stereocenters. The van der Waals surface area contributed by atoms with Crippen LogP contribution in [0.25, 0.3) is 17.1 Å². The predicted octanol–water partition coefficient (Wildman–Crippen LogP) is 2.56. The maximum absolute atomic E-state index is 5.83. The lowest BCUT2D eigenvalue weighted by Gasteiger charge is -2.08. The molecule has 7 heteroatoms.